The molecule has 0 spiro atoms. The lowest BCUT2D eigenvalue weighted by molar-refractivity contribution is -0.127. The molecule has 1 rings (SSSR count). The third kappa shape index (κ3) is 3.45. The van der Waals surface area contributed by atoms with Crippen molar-refractivity contribution in [3.63, 3.8) is 0 Å². The van der Waals surface area contributed by atoms with Crippen molar-refractivity contribution in [2.45, 2.75) is 57.0 Å². The molecule has 106 valence electrons. The van der Waals surface area contributed by atoms with E-state index in [1.54, 1.807) is 0 Å². The summed E-state index contributed by atoms with van der Waals surface area (Å²) < 4.78 is 0. The van der Waals surface area contributed by atoms with Crippen LogP contribution in [0.4, 0.5) is 0 Å². The first-order chi connectivity index (χ1) is 8.34. The Kier molecular flexibility index (Phi) is 5.17. The summed E-state index contributed by atoms with van der Waals surface area (Å²) in [6.07, 6.45) is 6.22. The van der Waals surface area contributed by atoms with Crippen LogP contribution >= 0.6 is 0 Å². The van der Waals surface area contributed by atoms with Crippen molar-refractivity contribution in [3.05, 3.63) is 0 Å². The predicted octanol–water partition coefficient (Wildman–Crippen LogP) is 1.37. The van der Waals surface area contributed by atoms with Gasteiger partial charge < -0.3 is 15.5 Å². The largest absolute Gasteiger partial charge is 0.353 e. The SMILES string of the molecule is CNC(C)(C)C(=O)NCC1(N(C)C)CCCCC1. The Morgan fingerprint density at radius 3 is 2.22 bits per heavy atom. The van der Waals surface area contributed by atoms with Gasteiger partial charge in [-0.15, -0.1) is 0 Å². The van der Waals surface area contributed by atoms with E-state index in [1.165, 1.54) is 32.1 Å². The molecule has 1 saturated carbocycles. The molecule has 1 aliphatic carbocycles. The lowest BCUT2D eigenvalue weighted by Gasteiger charge is -2.43. The maximum atomic E-state index is 12.1. The average Bonchev–Trinajstić information content (AvgIpc) is 2.36. The van der Waals surface area contributed by atoms with Crippen LogP contribution in [0.5, 0.6) is 0 Å². The van der Waals surface area contributed by atoms with Gasteiger partial charge in [-0.25, -0.2) is 0 Å². The molecular formula is C14H29N3O. The minimum atomic E-state index is -0.498. The summed E-state index contributed by atoms with van der Waals surface area (Å²) in [7, 11) is 6.07. The molecule has 1 aliphatic rings. The van der Waals surface area contributed by atoms with E-state index in [2.05, 4.69) is 29.6 Å². The number of nitrogens with one attached hydrogen (secondary N) is 2. The van der Waals surface area contributed by atoms with Crippen LogP contribution in [0.15, 0.2) is 0 Å². The molecule has 0 aromatic rings. The molecule has 0 bridgehead atoms. The number of amides is 1. The molecule has 4 nitrogen and oxygen atoms in total. The van der Waals surface area contributed by atoms with Crippen LogP contribution in [0.1, 0.15) is 46.0 Å². The van der Waals surface area contributed by atoms with E-state index >= 15 is 0 Å². The molecule has 0 unspecified atom stereocenters. The first-order valence-corrected chi connectivity index (χ1v) is 6.99. The lowest BCUT2D eigenvalue weighted by atomic mass is 9.80. The molecule has 18 heavy (non-hydrogen) atoms. The van der Waals surface area contributed by atoms with Crippen LogP contribution in [0.2, 0.25) is 0 Å². The zero-order valence-corrected chi connectivity index (χ0v) is 12.6. The quantitative estimate of drug-likeness (QED) is 0.780. The highest BCUT2D eigenvalue weighted by Gasteiger charge is 2.36. The Morgan fingerprint density at radius 1 is 1.22 bits per heavy atom. The van der Waals surface area contributed by atoms with Crippen molar-refractivity contribution >= 4 is 5.91 Å². The van der Waals surface area contributed by atoms with Gasteiger partial charge >= 0.3 is 0 Å². The van der Waals surface area contributed by atoms with Crippen molar-refractivity contribution in [2.75, 3.05) is 27.7 Å². The van der Waals surface area contributed by atoms with Crippen molar-refractivity contribution in [2.24, 2.45) is 0 Å². The molecule has 0 atom stereocenters. The van der Waals surface area contributed by atoms with Gasteiger partial charge in [0.05, 0.1) is 5.54 Å². The summed E-state index contributed by atoms with van der Waals surface area (Å²) in [5, 5.41) is 6.17. The zero-order valence-electron chi connectivity index (χ0n) is 12.6. The molecule has 1 fully saturated rings. The number of rotatable bonds is 5. The molecule has 0 aromatic carbocycles. The second-order valence-corrected chi connectivity index (χ2v) is 6.24. The first-order valence-electron chi connectivity index (χ1n) is 6.99. The maximum absolute atomic E-state index is 12.1. The third-order valence-electron chi connectivity index (χ3n) is 4.50. The van der Waals surface area contributed by atoms with Gasteiger partial charge in [-0.05, 0) is 47.8 Å². The third-order valence-corrected chi connectivity index (χ3v) is 4.50. The number of likely N-dealkylation sites (N-methyl/N-ethyl adjacent to an activating group) is 2. The van der Waals surface area contributed by atoms with Crippen LogP contribution in [0.3, 0.4) is 0 Å². The average molecular weight is 255 g/mol. The van der Waals surface area contributed by atoms with E-state index in [4.69, 9.17) is 0 Å². The molecule has 0 saturated heterocycles. The molecule has 0 aromatic heterocycles. The standard InChI is InChI=1S/C14H29N3O/c1-13(2,15-3)12(18)16-11-14(17(4)5)9-7-6-8-10-14/h15H,6-11H2,1-5H3,(H,16,18). The second kappa shape index (κ2) is 6.02. The summed E-state index contributed by atoms with van der Waals surface area (Å²) >= 11 is 0. The molecule has 0 radical (unpaired) electrons. The maximum Gasteiger partial charge on any atom is 0.239 e. The Labute approximate surface area is 111 Å². The second-order valence-electron chi connectivity index (χ2n) is 6.24. The van der Waals surface area contributed by atoms with E-state index in [-0.39, 0.29) is 11.4 Å². The Bertz CT molecular complexity index is 281. The first kappa shape index (κ1) is 15.4. The van der Waals surface area contributed by atoms with Crippen LogP contribution in [0, 0.1) is 0 Å². The summed E-state index contributed by atoms with van der Waals surface area (Å²) in [4.78, 5) is 14.4. The number of carbonyl (C=O) groups is 1. The fourth-order valence-electron chi connectivity index (χ4n) is 2.57. The van der Waals surface area contributed by atoms with E-state index in [9.17, 15) is 4.79 Å². The Balaban J connectivity index is 2.61. The summed E-state index contributed by atoms with van der Waals surface area (Å²) in [6, 6.07) is 0. The van der Waals surface area contributed by atoms with Crippen molar-refractivity contribution in [1.82, 2.24) is 15.5 Å². The number of carbonyl (C=O) groups excluding carboxylic acids is 1. The molecule has 0 heterocycles. The predicted molar refractivity (Wildman–Crippen MR) is 75.7 cm³/mol. The van der Waals surface area contributed by atoms with Gasteiger partial charge in [-0.3, -0.25) is 4.79 Å². The van der Waals surface area contributed by atoms with Gasteiger partial charge in [-0.2, -0.15) is 0 Å². The summed E-state index contributed by atoms with van der Waals surface area (Å²) in [5.41, 5.74) is -0.347. The van der Waals surface area contributed by atoms with Gasteiger partial charge in [-0.1, -0.05) is 19.3 Å². The van der Waals surface area contributed by atoms with E-state index in [0.717, 1.165) is 6.54 Å². The zero-order chi connectivity index (χ0) is 13.8. The van der Waals surface area contributed by atoms with Crippen molar-refractivity contribution < 1.29 is 4.79 Å². The number of nitrogens with zero attached hydrogens (tertiary/aromatic N) is 1. The fraction of sp³-hybridized carbons (Fsp3) is 0.929. The molecular weight excluding hydrogens is 226 g/mol. The molecule has 4 heteroatoms. The van der Waals surface area contributed by atoms with Crippen LogP contribution in [-0.4, -0.2) is 49.6 Å². The Hall–Kier alpha value is -0.610. The van der Waals surface area contributed by atoms with Crippen molar-refractivity contribution in [3.8, 4) is 0 Å². The summed E-state index contributed by atoms with van der Waals surface area (Å²) in [6.45, 7) is 4.57. The van der Waals surface area contributed by atoms with E-state index in [1.807, 2.05) is 20.9 Å². The van der Waals surface area contributed by atoms with Crippen molar-refractivity contribution in [1.29, 1.82) is 0 Å². The van der Waals surface area contributed by atoms with Gasteiger partial charge in [0.25, 0.3) is 0 Å². The smallest absolute Gasteiger partial charge is 0.239 e. The van der Waals surface area contributed by atoms with Crippen LogP contribution in [0.25, 0.3) is 0 Å². The topological polar surface area (TPSA) is 44.4 Å². The molecule has 0 aliphatic heterocycles. The minimum absolute atomic E-state index is 0.0804. The van der Waals surface area contributed by atoms with Gasteiger partial charge in [0.15, 0.2) is 0 Å². The number of hydrogen-bond donors (Lipinski definition) is 2. The van der Waals surface area contributed by atoms with E-state index in [0.29, 0.717) is 0 Å². The van der Waals surface area contributed by atoms with Crippen LogP contribution in [-0.2, 0) is 4.79 Å². The number of hydrogen-bond acceptors (Lipinski definition) is 3. The normalized spacial score (nSPS) is 19.9. The Morgan fingerprint density at radius 2 is 1.78 bits per heavy atom. The highest BCUT2D eigenvalue weighted by Crippen LogP contribution is 2.31. The summed E-state index contributed by atoms with van der Waals surface area (Å²) in [5.74, 6) is 0.0804. The highest BCUT2D eigenvalue weighted by molar-refractivity contribution is 5.85. The monoisotopic (exact) mass is 255 g/mol. The molecule has 1 amide bonds. The van der Waals surface area contributed by atoms with Crippen LogP contribution < -0.4 is 10.6 Å². The van der Waals surface area contributed by atoms with Gasteiger partial charge in [0, 0.05) is 12.1 Å². The molecule has 2 N–H and O–H groups in total. The van der Waals surface area contributed by atoms with E-state index < -0.39 is 5.54 Å². The fourth-order valence-corrected chi connectivity index (χ4v) is 2.57. The lowest BCUT2D eigenvalue weighted by Crippen LogP contribution is -2.58. The minimum Gasteiger partial charge on any atom is -0.353 e. The highest BCUT2D eigenvalue weighted by atomic mass is 16.2. The van der Waals surface area contributed by atoms with Gasteiger partial charge in [0.2, 0.25) is 5.91 Å². The van der Waals surface area contributed by atoms with Gasteiger partial charge in [0.1, 0.15) is 0 Å².